The minimum Gasteiger partial charge on any atom is -0.497 e. The van der Waals surface area contributed by atoms with Crippen LogP contribution in [0.25, 0.3) is 0 Å². The molecular weight excluding hydrogens is 401 g/mol. The molecule has 1 heterocycles. The number of benzene rings is 2. The summed E-state index contributed by atoms with van der Waals surface area (Å²) in [6, 6.07) is 10.6. The predicted octanol–water partition coefficient (Wildman–Crippen LogP) is 4.83. The Hall–Kier alpha value is -1.95. The predicted molar refractivity (Wildman–Crippen MR) is 110 cm³/mol. The average Bonchev–Trinajstić information content (AvgIpc) is 2.71. The Labute approximate surface area is 175 Å². The molecule has 28 heavy (non-hydrogen) atoms. The van der Waals surface area contributed by atoms with E-state index in [1.54, 1.807) is 37.3 Å². The fourth-order valence-electron chi connectivity index (χ4n) is 3.26. The van der Waals surface area contributed by atoms with Gasteiger partial charge in [0.25, 0.3) is 5.91 Å². The van der Waals surface area contributed by atoms with Crippen molar-refractivity contribution in [1.29, 1.82) is 0 Å². The third-order valence-corrected chi connectivity index (χ3v) is 5.27. The summed E-state index contributed by atoms with van der Waals surface area (Å²) in [6.07, 6.45) is 1.74. The highest BCUT2D eigenvalue weighted by Crippen LogP contribution is 2.26. The molecule has 0 N–H and O–H groups in total. The Balaban J connectivity index is 1.63. The number of likely N-dealkylation sites (tertiary alicyclic amines) is 1. The number of carbonyl (C=O) groups is 1. The SMILES string of the molecule is COc1cc(COC2CCCN(C(=O)c3ccc(Cl)cc3Cl)C2)cc(OC)c1. The van der Waals surface area contributed by atoms with E-state index in [9.17, 15) is 4.79 Å². The van der Waals surface area contributed by atoms with Gasteiger partial charge in [-0.1, -0.05) is 23.2 Å². The van der Waals surface area contributed by atoms with Crippen LogP contribution in [0.15, 0.2) is 36.4 Å². The van der Waals surface area contributed by atoms with Crippen molar-refractivity contribution < 1.29 is 19.0 Å². The largest absolute Gasteiger partial charge is 0.497 e. The molecule has 0 aromatic heterocycles. The van der Waals surface area contributed by atoms with Gasteiger partial charge in [-0.3, -0.25) is 4.79 Å². The second kappa shape index (κ2) is 9.50. The lowest BCUT2D eigenvalue weighted by molar-refractivity contribution is -0.00680. The molecule has 2 aromatic carbocycles. The number of rotatable bonds is 6. The van der Waals surface area contributed by atoms with Gasteiger partial charge in [-0.25, -0.2) is 0 Å². The number of amides is 1. The van der Waals surface area contributed by atoms with Crippen LogP contribution in [0.2, 0.25) is 10.0 Å². The number of piperidine rings is 1. The summed E-state index contributed by atoms with van der Waals surface area (Å²) in [5.74, 6) is 1.34. The van der Waals surface area contributed by atoms with Gasteiger partial charge in [-0.05, 0) is 48.7 Å². The molecule has 1 aliphatic rings. The Morgan fingerprint density at radius 2 is 1.82 bits per heavy atom. The van der Waals surface area contributed by atoms with E-state index in [4.69, 9.17) is 37.4 Å². The molecule has 1 fully saturated rings. The molecule has 1 unspecified atom stereocenters. The highest BCUT2D eigenvalue weighted by atomic mass is 35.5. The Morgan fingerprint density at radius 1 is 1.11 bits per heavy atom. The van der Waals surface area contributed by atoms with Crippen LogP contribution in [-0.4, -0.2) is 44.2 Å². The van der Waals surface area contributed by atoms with Crippen LogP contribution in [0.1, 0.15) is 28.8 Å². The van der Waals surface area contributed by atoms with Crippen LogP contribution in [-0.2, 0) is 11.3 Å². The molecule has 0 saturated carbocycles. The first-order valence-electron chi connectivity index (χ1n) is 9.08. The summed E-state index contributed by atoms with van der Waals surface area (Å²) in [5.41, 5.74) is 1.42. The summed E-state index contributed by atoms with van der Waals surface area (Å²) in [5, 5.41) is 0.874. The summed E-state index contributed by atoms with van der Waals surface area (Å²) in [4.78, 5) is 14.6. The zero-order chi connectivity index (χ0) is 20.1. The van der Waals surface area contributed by atoms with Crippen molar-refractivity contribution in [3.05, 3.63) is 57.6 Å². The highest BCUT2D eigenvalue weighted by Gasteiger charge is 2.26. The van der Waals surface area contributed by atoms with Crippen molar-refractivity contribution in [2.75, 3.05) is 27.3 Å². The van der Waals surface area contributed by atoms with Gasteiger partial charge in [0.2, 0.25) is 0 Å². The maximum absolute atomic E-state index is 12.8. The third-order valence-electron chi connectivity index (χ3n) is 4.72. The molecule has 5 nitrogen and oxygen atoms in total. The van der Waals surface area contributed by atoms with Crippen molar-refractivity contribution in [3.63, 3.8) is 0 Å². The van der Waals surface area contributed by atoms with E-state index >= 15 is 0 Å². The Bertz CT molecular complexity index is 821. The summed E-state index contributed by atoms with van der Waals surface area (Å²) < 4.78 is 16.7. The molecule has 2 aromatic rings. The molecule has 0 radical (unpaired) electrons. The maximum atomic E-state index is 12.8. The fourth-order valence-corrected chi connectivity index (χ4v) is 3.75. The topological polar surface area (TPSA) is 48.0 Å². The molecule has 3 rings (SSSR count). The molecule has 1 amide bonds. The van der Waals surface area contributed by atoms with E-state index in [0.717, 1.165) is 29.9 Å². The molecule has 0 spiro atoms. The van der Waals surface area contributed by atoms with Crippen molar-refractivity contribution in [1.82, 2.24) is 4.90 Å². The smallest absolute Gasteiger partial charge is 0.255 e. The number of ether oxygens (including phenoxy) is 3. The number of methoxy groups -OCH3 is 2. The zero-order valence-corrected chi connectivity index (χ0v) is 17.4. The van der Waals surface area contributed by atoms with Crippen LogP contribution < -0.4 is 9.47 Å². The summed E-state index contributed by atoms with van der Waals surface area (Å²) in [7, 11) is 3.23. The van der Waals surface area contributed by atoms with Crippen LogP contribution in [0.4, 0.5) is 0 Å². The van der Waals surface area contributed by atoms with Gasteiger partial charge < -0.3 is 19.1 Å². The zero-order valence-electron chi connectivity index (χ0n) is 15.9. The standard InChI is InChI=1S/C21H23Cl2NO4/c1-26-17-8-14(9-18(11-17)27-2)13-28-16-4-3-7-24(12-16)21(25)19-6-5-15(22)10-20(19)23/h5-6,8-11,16H,3-4,7,12-13H2,1-2H3. The Kier molecular flexibility index (Phi) is 7.05. The molecule has 0 bridgehead atoms. The van der Waals surface area contributed by atoms with Gasteiger partial charge in [-0.15, -0.1) is 0 Å². The van der Waals surface area contributed by atoms with E-state index in [2.05, 4.69) is 0 Å². The first-order valence-corrected chi connectivity index (χ1v) is 9.83. The number of hydrogen-bond acceptors (Lipinski definition) is 4. The van der Waals surface area contributed by atoms with E-state index in [1.807, 2.05) is 18.2 Å². The van der Waals surface area contributed by atoms with E-state index in [0.29, 0.717) is 35.3 Å². The van der Waals surface area contributed by atoms with E-state index in [-0.39, 0.29) is 12.0 Å². The minimum atomic E-state index is -0.0991. The molecular formula is C21H23Cl2NO4. The van der Waals surface area contributed by atoms with Crippen molar-refractivity contribution in [2.45, 2.75) is 25.6 Å². The third kappa shape index (κ3) is 5.10. The van der Waals surface area contributed by atoms with E-state index in [1.165, 1.54) is 0 Å². The second-order valence-corrected chi connectivity index (χ2v) is 7.52. The van der Waals surface area contributed by atoms with Gasteiger partial charge in [-0.2, -0.15) is 0 Å². The van der Waals surface area contributed by atoms with Gasteiger partial charge in [0.15, 0.2) is 0 Å². The van der Waals surface area contributed by atoms with Crippen molar-refractivity contribution >= 4 is 29.1 Å². The van der Waals surface area contributed by atoms with Gasteiger partial charge in [0, 0.05) is 24.2 Å². The number of nitrogens with zero attached hydrogens (tertiary/aromatic N) is 1. The lowest BCUT2D eigenvalue weighted by Gasteiger charge is -2.33. The first-order chi connectivity index (χ1) is 13.5. The van der Waals surface area contributed by atoms with E-state index < -0.39 is 0 Å². The van der Waals surface area contributed by atoms with Crippen LogP contribution >= 0.6 is 23.2 Å². The van der Waals surface area contributed by atoms with Crippen LogP contribution in [0.3, 0.4) is 0 Å². The van der Waals surface area contributed by atoms with Crippen molar-refractivity contribution in [2.24, 2.45) is 0 Å². The highest BCUT2D eigenvalue weighted by molar-refractivity contribution is 6.36. The minimum absolute atomic E-state index is 0.0408. The molecule has 1 saturated heterocycles. The normalized spacial score (nSPS) is 16.7. The summed E-state index contributed by atoms with van der Waals surface area (Å²) >= 11 is 12.1. The fraction of sp³-hybridized carbons (Fsp3) is 0.381. The van der Waals surface area contributed by atoms with Gasteiger partial charge in [0.1, 0.15) is 11.5 Å². The van der Waals surface area contributed by atoms with Crippen LogP contribution in [0, 0.1) is 0 Å². The quantitative estimate of drug-likeness (QED) is 0.667. The monoisotopic (exact) mass is 423 g/mol. The molecule has 1 atom stereocenters. The number of halogens is 2. The molecule has 7 heteroatoms. The molecule has 0 aliphatic carbocycles. The lowest BCUT2D eigenvalue weighted by atomic mass is 10.1. The maximum Gasteiger partial charge on any atom is 0.255 e. The summed E-state index contributed by atoms with van der Waals surface area (Å²) in [6.45, 7) is 1.63. The molecule has 150 valence electrons. The Morgan fingerprint density at radius 3 is 2.46 bits per heavy atom. The van der Waals surface area contributed by atoms with Crippen LogP contribution in [0.5, 0.6) is 11.5 Å². The average molecular weight is 424 g/mol. The van der Waals surface area contributed by atoms with Gasteiger partial charge in [0.05, 0.1) is 37.5 Å². The second-order valence-electron chi connectivity index (χ2n) is 6.67. The van der Waals surface area contributed by atoms with Crippen molar-refractivity contribution in [3.8, 4) is 11.5 Å². The first kappa shape index (κ1) is 20.8. The van der Waals surface area contributed by atoms with Gasteiger partial charge >= 0.3 is 0 Å². The lowest BCUT2D eigenvalue weighted by Crippen LogP contribution is -2.43. The molecule has 1 aliphatic heterocycles. The number of hydrogen-bond donors (Lipinski definition) is 0. The number of carbonyl (C=O) groups excluding carboxylic acids is 1.